The van der Waals surface area contributed by atoms with Crippen LogP contribution in [0.2, 0.25) is 0 Å². The Labute approximate surface area is 137 Å². The summed E-state index contributed by atoms with van der Waals surface area (Å²) in [6.45, 7) is 1.77. The maximum Gasteiger partial charge on any atom is 0.280 e. The number of aryl methyl sites for hydroxylation is 1. The van der Waals surface area contributed by atoms with Crippen molar-refractivity contribution in [2.24, 2.45) is 5.10 Å². The van der Waals surface area contributed by atoms with Crippen LogP contribution in [-0.4, -0.2) is 26.9 Å². The Bertz CT molecular complexity index is 927. The summed E-state index contributed by atoms with van der Waals surface area (Å²) < 4.78 is 1.43. The molecule has 2 aromatic heterocycles. The lowest BCUT2D eigenvalue weighted by atomic mass is 10.3. The molecule has 0 unspecified atom stereocenters. The molecule has 2 N–H and O–H groups in total. The van der Waals surface area contributed by atoms with Crippen molar-refractivity contribution in [2.45, 2.75) is 6.92 Å². The van der Waals surface area contributed by atoms with Crippen molar-refractivity contribution in [1.82, 2.24) is 20.2 Å². The summed E-state index contributed by atoms with van der Waals surface area (Å²) >= 11 is 0. The molecular weight excluding hydrogens is 306 g/mol. The number of benzene rings is 1. The zero-order valence-electron chi connectivity index (χ0n) is 12.9. The van der Waals surface area contributed by atoms with Gasteiger partial charge in [-0.3, -0.25) is 19.7 Å². The SMILES string of the molecule is Cc1[nH]n(-c2ccccc2)c(=O)c1/C=N/NC(=O)c1cccnc1. The number of hydrogen-bond donors (Lipinski definition) is 2. The van der Waals surface area contributed by atoms with Crippen molar-refractivity contribution < 1.29 is 4.79 Å². The van der Waals surface area contributed by atoms with Gasteiger partial charge in [-0.2, -0.15) is 5.10 Å². The highest BCUT2D eigenvalue weighted by atomic mass is 16.2. The summed E-state index contributed by atoms with van der Waals surface area (Å²) in [6, 6.07) is 12.5. The highest BCUT2D eigenvalue weighted by Gasteiger charge is 2.10. The van der Waals surface area contributed by atoms with Gasteiger partial charge in [0.05, 0.1) is 23.0 Å². The van der Waals surface area contributed by atoms with Gasteiger partial charge >= 0.3 is 0 Å². The molecule has 0 aliphatic rings. The quantitative estimate of drug-likeness (QED) is 0.565. The van der Waals surface area contributed by atoms with Crippen LogP contribution in [0.1, 0.15) is 21.6 Å². The molecule has 0 bridgehead atoms. The monoisotopic (exact) mass is 321 g/mol. The predicted molar refractivity (Wildman–Crippen MR) is 90.4 cm³/mol. The molecule has 0 spiro atoms. The minimum Gasteiger partial charge on any atom is -0.295 e. The molecule has 0 saturated heterocycles. The number of carbonyl (C=O) groups is 1. The third-order valence-corrected chi connectivity index (χ3v) is 3.41. The van der Waals surface area contributed by atoms with Gasteiger partial charge in [-0.1, -0.05) is 18.2 Å². The van der Waals surface area contributed by atoms with Gasteiger partial charge in [0.1, 0.15) is 0 Å². The first-order chi connectivity index (χ1) is 11.7. The van der Waals surface area contributed by atoms with Crippen LogP contribution in [0.15, 0.2) is 64.8 Å². The molecule has 1 amide bonds. The number of pyridine rings is 1. The van der Waals surface area contributed by atoms with Crippen LogP contribution < -0.4 is 11.0 Å². The smallest absolute Gasteiger partial charge is 0.280 e. The fourth-order valence-corrected chi connectivity index (χ4v) is 2.19. The summed E-state index contributed by atoms with van der Waals surface area (Å²) in [7, 11) is 0. The molecule has 0 saturated carbocycles. The fraction of sp³-hybridized carbons (Fsp3) is 0.0588. The van der Waals surface area contributed by atoms with E-state index in [9.17, 15) is 9.59 Å². The number of para-hydroxylation sites is 1. The molecule has 0 radical (unpaired) electrons. The van der Waals surface area contributed by atoms with Gasteiger partial charge < -0.3 is 0 Å². The largest absolute Gasteiger partial charge is 0.295 e. The molecule has 2 heterocycles. The lowest BCUT2D eigenvalue weighted by Crippen LogP contribution is -2.20. The van der Waals surface area contributed by atoms with Crippen molar-refractivity contribution in [3.8, 4) is 5.69 Å². The van der Waals surface area contributed by atoms with E-state index in [2.05, 4.69) is 20.6 Å². The number of rotatable bonds is 4. The standard InChI is InChI=1S/C17H15N5O2/c1-12-15(11-19-20-16(23)13-6-5-9-18-10-13)17(24)22(21-12)14-7-3-2-4-8-14/h2-11,21H,1H3,(H,20,23)/b19-11+. The van der Waals surface area contributed by atoms with Crippen LogP contribution in [0.3, 0.4) is 0 Å². The highest BCUT2D eigenvalue weighted by Crippen LogP contribution is 2.05. The van der Waals surface area contributed by atoms with E-state index in [-0.39, 0.29) is 5.56 Å². The summed E-state index contributed by atoms with van der Waals surface area (Å²) in [5.74, 6) is -0.393. The van der Waals surface area contributed by atoms with Crippen molar-refractivity contribution in [3.63, 3.8) is 0 Å². The van der Waals surface area contributed by atoms with Crippen molar-refractivity contribution in [1.29, 1.82) is 0 Å². The van der Waals surface area contributed by atoms with Crippen molar-refractivity contribution in [2.75, 3.05) is 0 Å². The molecule has 7 heteroatoms. The van der Waals surface area contributed by atoms with Crippen LogP contribution in [0.25, 0.3) is 5.69 Å². The molecule has 3 aromatic rings. The number of H-pyrrole nitrogens is 1. The van der Waals surface area contributed by atoms with E-state index >= 15 is 0 Å². The number of carbonyl (C=O) groups excluding carboxylic acids is 1. The van der Waals surface area contributed by atoms with Crippen LogP contribution in [0.5, 0.6) is 0 Å². The first-order valence-corrected chi connectivity index (χ1v) is 7.27. The molecule has 3 rings (SSSR count). The summed E-state index contributed by atoms with van der Waals surface area (Å²) in [4.78, 5) is 28.2. The number of nitrogens with one attached hydrogen (secondary N) is 2. The van der Waals surface area contributed by atoms with Gasteiger partial charge in [-0.05, 0) is 31.2 Å². The second-order valence-electron chi connectivity index (χ2n) is 5.07. The summed E-state index contributed by atoms with van der Waals surface area (Å²) in [5, 5.41) is 6.85. The fourth-order valence-electron chi connectivity index (χ4n) is 2.19. The van der Waals surface area contributed by atoms with Gasteiger partial charge in [-0.25, -0.2) is 10.1 Å². The number of hydrogen-bond acceptors (Lipinski definition) is 4. The van der Waals surface area contributed by atoms with Gasteiger partial charge in [0.15, 0.2) is 0 Å². The van der Waals surface area contributed by atoms with Gasteiger partial charge in [-0.15, -0.1) is 0 Å². The molecule has 1 aromatic carbocycles. The molecule has 24 heavy (non-hydrogen) atoms. The molecule has 0 fully saturated rings. The molecular formula is C17H15N5O2. The maximum absolute atomic E-state index is 12.5. The Morgan fingerprint density at radius 1 is 1.25 bits per heavy atom. The lowest BCUT2D eigenvalue weighted by molar-refractivity contribution is 0.0955. The lowest BCUT2D eigenvalue weighted by Gasteiger charge is -1.99. The normalized spacial score (nSPS) is 10.9. The van der Waals surface area contributed by atoms with Crippen molar-refractivity contribution >= 4 is 12.1 Å². The first kappa shape index (κ1) is 15.4. The number of amides is 1. The van der Waals surface area contributed by atoms with Gasteiger partial charge in [0.2, 0.25) is 0 Å². The zero-order valence-corrected chi connectivity index (χ0v) is 12.9. The minimum atomic E-state index is -0.393. The second kappa shape index (κ2) is 6.74. The van der Waals surface area contributed by atoms with E-state index in [0.29, 0.717) is 16.8 Å². The summed E-state index contributed by atoms with van der Waals surface area (Å²) in [6.07, 6.45) is 4.35. The van der Waals surface area contributed by atoms with Crippen LogP contribution >= 0.6 is 0 Å². The Kier molecular flexibility index (Phi) is 4.33. The Morgan fingerprint density at radius 2 is 2.04 bits per heavy atom. The van der Waals surface area contributed by atoms with E-state index in [1.165, 1.54) is 17.1 Å². The Morgan fingerprint density at radius 3 is 2.75 bits per heavy atom. The number of aromatic amines is 1. The minimum absolute atomic E-state index is 0.238. The van der Waals surface area contributed by atoms with Crippen LogP contribution in [0, 0.1) is 6.92 Å². The predicted octanol–water partition coefficient (Wildman–Crippen LogP) is 1.63. The zero-order chi connectivity index (χ0) is 16.9. The van der Waals surface area contributed by atoms with Crippen molar-refractivity contribution in [3.05, 3.63) is 82.0 Å². The number of aromatic nitrogens is 3. The second-order valence-corrected chi connectivity index (χ2v) is 5.07. The highest BCUT2D eigenvalue weighted by molar-refractivity contribution is 5.94. The molecule has 0 aliphatic heterocycles. The third-order valence-electron chi connectivity index (χ3n) is 3.41. The van der Waals surface area contributed by atoms with Gasteiger partial charge in [0, 0.05) is 18.1 Å². The van der Waals surface area contributed by atoms with E-state index < -0.39 is 5.91 Å². The van der Waals surface area contributed by atoms with Crippen LogP contribution in [-0.2, 0) is 0 Å². The van der Waals surface area contributed by atoms with Crippen LogP contribution in [0.4, 0.5) is 0 Å². The molecule has 0 atom stereocenters. The Balaban J connectivity index is 1.80. The van der Waals surface area contributed by atoms with Gasteiger partial charge in [0.25, 0.3) is 11.5 Å². The van der Waals surface area contributed by atoms with E-state index in [4.69, 9.17) is 0 Å². The average molecular weight is 321 g/mol. The third kappa shape index (κ3) is 3.14. The van der Waals surface area contributed by atoms with E-state index in [1.807, 2.05) is 30.3 Å². The Hall–Kier alpha value is -3.48. The molecule has 0 aliphatic carbocycles. The van der Waals surface area contributed by atoms with E-state index in [1.54, 1.807) is 25.3 Å². The maximum atomic E-state index is 12.5. The first-order valence-electron chi connectivity index (χ1n) is 7.27. The number of hydrazone groups is 1. The number of nitrogens with zero attached hydrogens (tertiary/aromatic N) is 3. The molecule has 7 nitrogen and oxygen atoms in total. The average Bonchev–Trinajstić information content (AvgIpc) is 2.91. The summed E-state index contributed by atoms with van der Waals surface area (Å²) in [5.41, 5.74) is 4.29. The van der Waals surface area contributed by atoms with E-state index in [0.717, 1.165) is 5.69 Å². The topological polar surface area (TPSA) is 92.1 Å². The molecule has 120 valence electrons.